The lowest BCUT2D eigenvalue weighted by Crippen LogP contribution is -2.52. The van der Waals surface area contributed by atoms with Crippen LogP contribution in [-0.4, -0.2) is 70.9 Å². The van der Waals surface area contributed by atoms with Gasteiger partial charge in [-0.2, -0.15) is 0 Å². The number of likely N-dealkylation sites (tertiary alicyclic amines) is 1. The maximum Gasteiger partial charge on any atom is 0.225 e. The number of nitrogens with zero attached hydrogens (tertiary/aromatic N) is 4. The molecule has 1 aliphatic carbocycles. The van der Waals surface area contributed by atoms with Crippen LogP contribution in [0.3, 0.4) is 0 Å². The minimum atomic E-state index is -0.289. The van der Waals surface area contributed by atoms with Crippen LogP contribution in [0.15, 0.2) is 12.4 Å². The van der Waals surface area contributed by atoms with Crippen LogP contribution in [0.4, 0.5) is 5.95 Å². The van der Waals surface area contributed by atoms with Crippen LogP contribution in [0.1, 0.15) is 31.7 Å². The fraction of sp³-hybridized carbons (Fsp3) is 0.737. The fourth-order valence-electron chi connectivity index (χ4n) is 4.17. The molecule has 1 N–H and O–H groups in total. The lowest BCUT2D eigenvalue weighted by molar-refractivity contribution is -0.147. The number of hydrogen-bond donors (Lipinski definition) is 1. The second kappa shape index (κ2) is 7.48. The molecule has 26 heavy (non-hydrogen) atoms. The predicted octanol–water partition coefficient (Wildman–Crippen LogP) is 0.864. The molecule has 1 amide bonds. The van der Waals surface area contributed by atoms with Gasteiger partial charge in [0.1, 0.15) is 0 Å². The Labute approximate surface area is 154 Å². The van der Waals surface area contributed by atoms with E-state index in [4.69, 9.17) is 4.74 Å². The summed E-state index contributed by atoms with van der Waals surface area (Å²) in [6.45, 7) is 5.83. The Hall–Kier alpha value is -1.73. The number of rotatable bonds is 3. The first-order valence-electron chi connectivity index (χ1n) is 9.78. The van der Waals surface area contributed by atoms with Gasteiger partial charge in [-0.25, -0.2) is 9.97 Å². The molecule has 2 saturated heterocycles. The molecule has 2 aliphatic heterocycles. The zero-order chi connectivity index (χ0) is 18.1. The van der Waals surface area contributed by atoms with Crippen molar-refractivity contribution in [3.8, 4) is 0 Å². The van der Waals surface area contributed by atoms with Gasteiger partial charge in [0.2, 0.25) is 11.9 Å². The zero-order valence-corrected chi connectivity index (χ0v) is 15.4. The molecule has 0 radical (unpaired) electrons. The Morgan fingerprint density at radius 2 is 2.04 bits per heavy atom. The molecule has 142 valence electrons. The summed E-state index contributed by atoms with van der Waals surface area (Å²) >= 11 is 0. The number of ether oxygens (including phenoxy) is 1. The zero-order valence-electron chi connectivity index (χ0n) is 15.4. The fourth-order valence-corrected chi connectivity index (χ4v) is 4.17. The molecule has 1 aromatic rings. The summed E-state index contributed by atoms with van der Waals surface area (Å²) in [5.74, 6) is 1.36. The summed E-state index contributed by atoms with van der Waals surface area (Å²) in [6, 6.07) is 0. The van der Waals surface area contributed by atoms with Gasteiger partial charge in [-0.05, 0) is 31.2 Å². The number of amides is 1. The maximum absolute atomic E-state index is 12.6. The van der Waals surface area contributed by atoms with Crippen LogP contribution in [0.2, 0.25) is 0 Å². The first-order chi connectivity index (χ1) is 12.6. The maximum atomic E-state index is 12.6. The van der Waals surface area contributed by atoms with Crippen molar-refractivity contribution in [1.82, 2.24) is 14.9 Å². The highest BCUT2D eigenvalue weighted by molar-refractivity contribution is 5.80. The number of hydrogen-bond acceptors (Lipinski definition) is 6. The number of carbonyl (C=O) groups excluding carboxylic acids is 1. The highest BCUT2D eigenvalue weighted by Gasteiger charge is 2.40. The van der Waals surface area contributed by atoms with Gasteiger partial charge in [0.15, 0.2) is 0 Å². The predicted molar refractivity (Wildman–Crippen MR) is 96.8 cm³/mol. The van der Waals surface area contributed by atoms with E-state index < -0.39 is 0 Å². The largest absolute Gasteiger partial charge is 0.393 e. The molecule has 3 heterocycles. The van der Waals surface area contributed by atoms with Gasteiger partial charge < -0.3 is 19.6 Å². The molecule has 7 heteroatoms. The normalized spacial score (nSPS) is 31.8. The third-order valence-corrected chi connectivity index (χ3v) is 6.00. The lowest BCUT2D eigenvalue weighted by Gasteiger charge is -2.41. The van der Waals surface area contributed by atoms with Crippen molar-refractivity contribution in [2.24, 2.45) is 11.8 Å². The Morgan fingerprint density at radius 1 is 1.27 bits per heavy atom. The number of anilines is 1. The molecule has 3 aliphatic rings. The Bertz CT molecular complexity index is 632. The summed E-state index contributed by atoms with van der Waals surface area (Å²) < 4.78 is 6.10. The van der Waals surface area contributed by atoms with E-state index in [1.807, 2.05) is 17.3 Å². The second-order valence-electron chi connectivity index (χ2n) is 7.76. The molecule has 2 atom stereocenters. The Kier molecular flexibility index (Phi) is 5.09. The van der Waals surface area contributed by atoms with Crippen molar-refractivity contribution < 1.29 is 14.6 Å². The number of aliphatic hydroxyl groups is 1. The van der Waals surface area contributed by atoms with Crippen LogP contribution < -0.4 is 4.90 Å². The smallest absolute Gasteiger partial charge is 0.225 e. The molecule has 7 nitrogen and oxygen atoms in total. The van der Waals surface area contributed by atoms with Gasteiger partial charge in [-0.15, -0.1) is 0 Å². The second-order valence-corrected chi connectivity index (χ2v) is 7.76. The summed E-state index contributed by atoms with van der Waals surface area (Å²) in [5.41, 5.74) is 1.14. The molecule has 1 aromatic heterocycles. The molecule has 4 rings (SSSR count). The minimum Gasteiger partial charge on any atom is -0.393 e. The summed E-state index contributed by atoms with van der Waals surface area (Å²) in [4.78, 5) is 25.7. The van der Waals surface area contributed by atoms with Crippen molar-refractivity contribution in [3.05, 3.63) is 18.0 Å². The van der Waals surface area contributed by atoms with Gasteiger partial charge in [-0.1, -0.05) is 6.92 Å². The van der Waals surface area contributed by atoms with Crippen LogP contribution in [0, 0.1) is 11.8 Å². The van der Waals surface area contributed by atoms with E-state index in [9.17, 15) is 9.90 Å². The van der Waals surface area contributed by atoms with Gasteiger partial charge in [0.25, 0.3) is 0 Å². The number of fused-ring (bicyclic) bond motifs is 1. The van der Waals surface area contributed by atoms with Crippen LogP contribution >= 0.6 is 0 Å². The topological polar surface area (TPSA) is 78.8 Å². The number of piperidine rings is 1. The van der Waals surface area contributed by atoms with E-state index in [0.717, 1.165) is 44.0 Å². The number of aromatic nitrogens is 2. The third kappa shape index (κ3) is 3.55. The lowest BCUT2D eigenvalue weighted by atomic mass is 9.80. The summed E-state index contributed by atoms with van der Waals surface area (Å²) in [5, 5.41) is 9.45. The van der Waals surface area contributed by atoms with E-state index in [1.165, 1.54) is 0 Å². The molecule has 3 fully saturated rings. The van der Waals surface area contributed by atoms with Crippen molar-refractivity contribution in [3.63, 3.8) is 0 Å². The first kappa shape index (κ1) is 17.7. The summed E-state index contributed by atoms with van der Waals surface area (Å²) in [6.07, 6.45) is 6.71. The molecule has 0 bridgehead atoms. The highest BCUT2D eigenvalue weighted by Crippen LogP contribution is 2.32. The van der Waals surface area contributed by atoms with Crippen LogP contribution in [0.25, 0.3) is 0 Å². The van der Waals surface area contributed by atoms with E-state index in [0.29, 0.717) is 31.9 Å². The van der Waals surface area contributed by atoms with Gasteiger partial charge >= 0.3 is 0 Å². The number of aliphatic hydroxyl groups excluding tert-OH is 1. The van der Waals surface area contributed by atoms with Gasteiger partial charge in [0.05, 0.1) is 18.8 Å². The molecular formula is C19H28N4O3. The quantitative estimate of drug-likeness (QED) is 0.862. The average molecular weight is 360 g/mol. The third-order valence-electron chi connectivity index (χ3n) is 6.00. The van der Waals surface area contributed by atoms with Crippen molar-refractivity contribution in [2.45, 2.75) is 44.8 Å². The SMILES string of the molecule is CCc1cnc(N2CCO[C@@H]3CN(C(=O)C4CC(O)C4)CC[C@@H]3C2)nc1. The van der Waals surface area contributed by atoms with Gasteiger partial charge in [0, 0.05) is 50.4 Å². The number of carbonyl (C=O) groups is 1. The summed E-state index contributed by atoms with van der Waals surface area (Å²) in [7, 11) is 0. The van der Waals surface area contributed by atoms with Crippen LogP contribution in [0.5, 0.6) is 0 Å². The molecule has 0 spiro atoms. The van der Waals surface area contributed by atoms with E-state index in [1.54, 1.807) is 0 Å². The van der Waals surface area contributed by atoms with Crippen molar-refractivity contribution >= 4 is 11.9 Å². The van der Waals surface area contributed by atoms with Crippen LogP contribution in [-0.2, 0) is 16.0 Å². The Morgan fingerprint density at radius 3 is 2.73 bits per heavy atom. The van der Waals surface area contributed by atoms with Crippen molar-refractivity contribution in [2.75, 3.05) is 37.7 Å². The van der Waals surface area contributed by atoms with E-state index in [-0.39, 0.29) is 24.0 Å². The molecular weight excluding hydrogens is 332 g/mol. The standard InChI is InChI=1S/C19H28N4O3/c1-2-13-9-20-19(21-10-13)23-5-6-26-17-12-22(4-3-14(17)11-23)18(25)15-7-16(24)8-15/h9-10,14-17,24H,2-8,11-12H2,1H3/t14-,15?,16?,17-/m1/s1. The number of aryl methyl sites for hydroxylation is 1. The molecule has 0 aromatic carbocycles. The average Bonchev–Trinajstić information content (AvgIpc) is 2.86. The highest BCUT2D eigenvalue weighted by atomic mass is 16.5. The van der Waals surface area contributed by atoms with E-state index >= 15 is 0 Å². The monoisotopic (exact) mass is 360 g/mol. The van der Waals surface area contributed by atoms with E-state index in [2.05, 4.69) is 21.8 Å². The molecule has 1 saturated carbocycles. The first-order valence-corrected chi connectivity index (χ1v) is 9.78. The Balaban J connectivity index is 1.37. The minimum absolute atomic E-state index is 0.00862. The van der Waals surface area contributed by atoms with Gasteiger partial charge in [-0.3, -0.25) is 4.79 Å². The van der Waals surface area contributed by atoms with Crippen molar-refractivity contribution in [1.29, 1.82) is 0 Å². The molecule has 0 unspecified atom stereocenters.